The van der Waals surface area contributed by atoms with E-state index in [2.05, 4.69) is 11.5 Å². The smallest absolute Gasteiger partial charge is 0.369 e. The molecule has 2 amide bonds. The molecule has 0 spiro atoms. The molecule has 4 nitrogen and oxygen atoms in total. The van der Waals surface area contributed by atoms with Gasteiger partial charge < -0.3 is 11.5 Å². The van der Waals surface area contributed by atoms with Gasteiger partial charge in [-0.1, -0.05) is 6.92 Å². The summed E-state index contributed by atoms with van der Waals surface area (Å²) in [4.78, 5) is 20.9. The molecule has 0 aromatic heterocycles. The second-order valence-electron chi connectivity index (χ2n) is 2.61. The first-order chi connectivity index (χ1) is 5.68. The number of carbonyl (C=O) groups is 2. The Hall–Kier alpha value is -1.27. The highest BCUT2D eigenvalue weighted by atomic mass is 19.4. The summed E-state index contributed by atoms with van der Waals surface area (Å²) in [5.74, 6) is -6.88. The summed E-state index contributed by atoms with van der Waals surface area (Å²) in [6.07, 6.45) is -4.66. The number of primary amides is 2. The zero-order chi connectivity index (χ0) is 10.8. The number of halogens is 3. The minimum atomic E-state index is -4.66. The van der Waals surface area contributed by atoms with Crippen molar-refractivity contribution in [3.8, 4) is 0 Å². The van der Waals surface area contributed by atoms with Crippen LogP contribution in [0.1, 0.15) is 6.92 Å². The molecule has 1 unspecified atom stereocenters. The van der Waals surface area contributed by atoms with Gasteiger partial charge in [-0.15, -0.1) is 0 Å². The molecular formula is C6H9F3N2O2. The van der Waals surface area contributed by atoms with Crippen molar-refractivity contribution in [3.05, 3.63) is 0 Å². The fourth-order valence-corrected chi connectivity index (χ4v) is 0.822. The second kappa shape index (κ2) is 3.63. The van der Waals surface area contributed by atoms with E-state index in [1.807, 2.05) is 0 Å². The Bertz CT molecular complexity index is 212. The van der Waals surface area contributed by atoms with Crippen molar-refractivity contribution in [2.75, 3.05) is 0 Å². The average Bonchev–Trinajstić information content (AvgIpc) is 1.82. The van der Waals surface area contributed by atoms with Crippen LogP contribution in [0.3, 0.4) is 0 Å². The van der Waals surface area contributed by atoms with Crippen LogP contribution >= 0.6 is 0 Å². The zero-order valence-corrected chi connectivity index (χ0v) is 6.76. The third-order valence-corrected chi connectivity index (χ3v) is 1.63. The highest BCUT2D eigenvalue weighted by Crippen LogP contribution is 2.31. The van der Waals surface area contributed by atoms with Crippen molar-refractivity contribution < 1.29 is 22.8 Å². The molecule has 4 N–H and O–H groups in total. The number of alkyl halides is 3. The quantitative estimate of drug-likeness (QED) is 0.614. The largest absolute Gasteiger partial charge is 0.392 e. The Morgan fingerprint density at radius 3 is 1.54 bits per heavy atom. The van der Waals surface area contributed by atoms with Gasteiger partial charge in [0, 0.05) is 0 Å². The van der Waals surface area contributed by atoms with Crippen molar-refractivity contribution in [1.29, 1.82) is 0 Å². The lowest BCUT2D eigenvalue weighted by Crippen LogP contribution is -2.44. The summed E-state index contributed by atoms with van der Waals surface area (Å²) < 4.78 is 36.0. The summed E-state index contributed by atoms with van der Waals surface area (Å²) in [6, 6.07) is 0. The van der Waals surface area contributed by atoms with Crippen LogP contribution in [0, 0.1) is 11.8 Å². The van der Waals surface area contributed by atoms with Crippen LogP contribution in [-0.2, 0) is 9.59 Å². The molecule has 0 aliphatic heterocycles. The van der Waals surface area contributed by atoms with Gasteiger partial charge in [0.2, 0.25) is 11.8 Å². The van der Waals surface area contributed by atoms with Gasteiger partial charge in [0.15, 0.2) is 0 Å². The molecular weight excluding hydrogens is 189 g/mol. The van der Waals surface area contributed by atoms with Gasteiger partial charge in [-0.2, -0.15) is 13.2 Å². The van der Waals surface area contributed by atoms with E-state index in [0.717, 1.165) is 0 Å². The molecule has 0 fully saturated rings. The molecule has 0 aromatic rings. The molecule has 0 aromatic carbocycles. The zero-order valence-electron chi connectivity index (χ0n) is 6.76. The Morgan fingerprint density at radius 1 is 1.15 bits per heavy atom. The number of rotatable bonds is 3. The number of hydrogen-bond acceptors (Lipinski definition) is 2. The van der Waals surface area contributed by atoms with E-state index >= 15 is 0 Å². The number of amides is 2. The summed E-state index contributed by atoms with van der Waals surface area (Å²) in [7, 11) is 0. The third-order valence-electron chi connectivity index (χ3n) is 1.63. The molecule has 76 valence electrons. The molecule has 0 rings (SSSR count). The average molecular weight is 198 g/mol. The molecule has 7 heteroatoms. The topological polar surface area (TPSA) is 86.2 Å². The lowest BCUT2D eigenvalue weighted by atomic mass is 9.92. The Labute approximate surface area is 72.1 Å². The standard InChI is InChI=1S/C6H9F3N2O2/c1-2(6(7,8)9)3(4(10)12)5(11)13/h2-3H,1H3,(H2,10,12)(H2,11,13). The van der Waals surface area contributed by atoms with Crippen LogP contribution in [0.5, 0.6) is 0 Å². The van der Waals surface area contributed by atoms with E-state index < -0.39 is 29.8 Å². The van der Waals surface area contributed by atoms with Gasteiger partial charge in [-0.05, 0) is 0 Å². The summed E-state index contributed by atoms with van der Waals surface area (Å²) in [5, 5.41) is 0. The van der Waals surface area contributed by atoms with Crippen molar-refractivity contribution in [3.63, 3.8) is 0 Å². The first kappa shape index (κ1) is 11.7. The van der Waals surface area contributed by atoms with Gasteiger partial charge in [-0.25, -0.2) is 0 Å². The van der Waals surface area contributed by atoms with Crippen LogP contribution in [0.2, 0.25) is 0 Å². The van der Waals surface area contributed by atoms with Crippen LogP contribution in [-0.4, -0.2) is 18.0 Å². The van der Waals surface area contributed by atoms with Crippen LogP contribution in [0.25, 0.3) is 0 Å². The lowest BCUT2D eigenvalue weighted by Gasteiger charge is -2.20. The van der Waals surface area contributed by atoms with E-state index in [1.165, 1.54) is 0 Å². The van der Waals surface area contributed by atoms with E-state index in [4.69, 9.17) is 0 Å². The monoisotopic (exact) mass is 198 g/mol. The van der Waals surface area contributed by atoms with E-state index in [1.54, 1.807) is 0 Å². The van der Waals surface area contributed by atoms with E-state index in [9.17, 15) is 22.8 Å². The first-order valence-corrected chi connectivity index (χ1v) is 3.33. The van der Waals surface area contributed by atoms with Gasteiger partial charge in [0.1, 0.15) is 5.92 Å². The maximum absolute atomic E-state index is 12.0. The first-order valence-electron chi connectivity index (χ1n) is 3.33. The predicted molar refractivity (Wildman–Crippen MR) is 37.1 cm³/mol. The molecule has 0 radical (unpaired) electrons. The Balaban J connectivity index is 4.77. The maximum atomic E-state index is 12.0. The van der Waals surface area contributed by atoms with Gasteiger partial charge in [0.05, 0.1) is 5.92 Å². The van der Waals surface area contributed by atoms with Crippen LogP contribution in [0.4, 0.5) is 13.2 Å². The van der Waals surface area contributed by atoms with Crippen molar-refractivity contribution in [2.45, 2.75) is 13.1 Å². The van der Waals surface area contributed by atoms with Crippen molar-refractivity contribution >= 4 is 11.8 Å². The van der Waals surface area contributed by atoms with Crippen LogP contribution < -0.4 is 11.5 Å². The highest BCUT2D eigenvalue weighted by molar-refractivity contribution is 5.99. The molecule has 0 bridgehead atoms. The molecule has 0 saturated carbocycles. The minimum Gasteiger partial charge on any atom is -0.369 e. The van der Waals surface area contributed by atoms with Crippen molar-refractivity contribution in [2.24, 2.45) is 23.3 Å². The number of hydrogen-bond donors (Lipinski definition) is 2. The third kappa shape index (κ3) is 2.92. The second-order valence-corrected chi connectivity index (χ2v) is 2.61. The lowest BCUT2D eigenvalue weighted by molar-refractivity contribution is -0.187. The van der Waals surface area contributed by atoms with Gasteiger partial charge in [0.25, 0.3) is 0 Å². The molecule has 0 heterocycles. The minimum absolute atomic E-state index is 0.681. The Kier molecular flexibility index (Phi) is 3.27. The van der Waals surface area contributed by atoms with E-state index in [0.29, 0.717) is 6.92 Å². The van der Waals surface area contributed by atoms with E-state index in [-0.39, 0.29) is 0 Å². The number of carbonyl (C=O) groups excluding carboxylic acids is 2. The Morgan fingerprint density at radius 2 is 1.46 bits per heavy atom. The van der Waals surface area contributed by atoms with Gasteiger partial charge in [-0.3, -0.25) is 9.59 Å². The summed E-state index contributed by atoms with van der Waals surface area (Å²) in [5.41, 5.74) is 9.19. The summed E-state index contributed by atoms with van der Waals surface area (Å²) >= 11 is 0. The normalized spacial score (nSPS) is 14.2. The van der Waals surface area contributed by atoms with Gasteiger partial charge >= 0.3 is 6.18 Å². The summed E-state index contributed by atoms with van der Waals surface area (Å²) in [6.45, 7) is 0.681. The molecule has 13 heavy (non-hydrogen) atoms. The van der Waals surface area contributed by atoms with Crippen LogP contribution in [0.15, 0.2) is 0 Å². The molecule has 0 saturated heterocycles. The molecule has 0 aliphatic rings. The molecule has 1 atom stereocenters. The SMILES string of the molecule is CC(C(C(N)=O)C(N)=O)C(F)(F)F. The fourth-order valence-electron chi connectivity index (χ4n) is 0.822. The maximum Gasteiger partial charge on any atom is 0.392 e. The van der Waals surface area contributed by atoms with Crippen molar-refractivity contribution in [1.82, 2.24) is 0 Å². The molecule has 0 aliphatic carbocycles. The predicted octanol–water partition coefficient (Wildman–Crippen LogP) is -0.228. The highest BCUT2D eigenvalue weighted by Gasteiger charge is 2.46. The fraction of sp³-hybridized carbons (Fsp3) is 0.667. The number of nitrogens with two attached hydrogens (primary N) is 2.